The molecule has 1 amide bonds. The van der Waals surface area contributed by atoms with E-state index in [2.05, 4.69) is 36.2 Å². The molecule has 0 saturated heterocycles. The van der Waals surface area contributed by atoms with Gasteiger partial charge in [-0.1, -0.05) is 31.2 Å². The van der Waals surface area contributed by atoms with Crippen molar-refractivity contribution in [1.82, 2.24) is 9.88 Å². The van der Waals surface area contributed by atoms with Crippen LogP contribution in [0, 0.1) is 0 Å². The molecule has 0 atom stereocenters. The van der Waals surface area contributed by atoms with Crippen LogP contribution in [0.25, 0.3) is 10.6 Å². The number of carbonyl (C=O) groups is 1. The first-order chi connectivity index (χ1) is 14.2. The third kappa shape index (κ3) is 4.84. The van der Waals surface area contributed by atoms with Gasteiger partial charge in [0.15, 0.2) is 0 Å². The number of aryl methyl sites for hydroxylation is 1. The Morgan fingerprint density at radius 1 is 1.00 bits per heavy atom. The summed E-state index contributed by atoms with van der Waals surface area (Å²) in [7, 11) is 0. The number of rotatable bonds is 8. The lowest BCUT2D eigenvalue weighted by Gasteiger charge is -2.20. The van der Waals surface area contributed by atoms with Gasteiger partial charge < -0.3 is 13.7 Å². The van der Waals surface area contributed by atoms with Crippen molar-refractivity contribution < 1.29 is 13.6 Å². The van der Waals surface area contributed by atoms with Crippen molar-refractivity contribution in [2.75, 3.05) is 0 Å². The predicted octanol–water partition coefficient (Wildman–Crippen LogP) is 5.33. The molecule has 0 radical (unpaired) electrons. The zero-order valence-electron chi connectivity index (χ0n) is 16.2. The van der Waals surface area contributed by atoms with Crippen molar-refractivity contribution in [1.29, 1.82) is 0 Å². The fourth-order valence-corrected chi connectivity index (χ4v) is 3.91. The van der Waals surface area contributed by atoms with E-state index in [1.807, 2.05) is 29.6 Å². The predicted molar refractivity (Wildman–Crippen MR) is 112 cm³/mol. The highest BCUT2D eigenvalue weighted by Crippen LogP contribution is 2.25. The highest BCUT2D eigenvalue weighted by Gasteiger charge is 2.19. The number of aromatic nitrogens is 1. The molecule has 0 fully saturated rings. The molecule has 29 heavy (non-hydrogen) atoms. The number of carbonyl (C=O) groups excluding carboxylic acids is 1. The van der Waals surface area contributed by atoms with E-state index in [1.165, 1.54) is 5.56 Å². The van der Waals surface area contributed by atoms with Gasteiger partial charge in [-0.2, -0.15) is 0 Å². The summed E-state index contributed by atoms with van der Waals surface area (Å²) in [6.45, 7) is 2.92. The van der Waals surface area contributed by atoms with Crippen molar-refractivity contribution in [2.45, 2.75) is 32.9 Å². The Morgan fingerprint density at radius 2 is 1.66 bits per heavy atom. The SMILES string of the molecule is CCc1ccc(-c2nc(CC(=O)N(Cc3ccco3)Cc3ccco3)cs2)cc1. The smallest absolute Gasteiger partial charge is 0.229 e. The molecule has 148 valence electrons. The molecule has 4 aromatic rings. The standard InChI is InChI=1S/C23H22N2O3S/c1-2-17-7-9-18(10-8-17)23-24-19(16-29-23)13-22(26)25(14-20-5-3-11-27-20)15-21-6-4-12-28-21/h3-12,16H,2,13-15H2,1H3. The van der Waals surface area contributed by atoms with Crippen molar-refractivity contribution in [2.24, 2.45) is 0 Å². The van der Waals surface area contributed by atoms with Gasteiger partial charge in [0.2, 0.25) is 5.91 Å². The fourth-order valence-electron chi connectivity index (χ4n) is 3.08. The van der Waals surface area contributed by atoms with Crippen LogP contribution in [0.3, 0.4) is 0 Å². The van der Waals surface area contributed by atoms with Crippen LogP contribution in [0.15, 0.2) is 75.3 Å². The molecule has 3 aromatic heterocycles. The first-order valence-electron chi connectivity index (χ1n) is 9.57. The second-order valence-corrected chi connectivity index (χ2v) is 7.64. The van der Waals surface area contributed by atoms with E-state index in [0.717, 1.165) is 34.2 Å². The van der Waals surface area contributed by atoms with E-state index < -0.39 is 0 Å². The van der Waals surface area contributed by atoms with E-state index in [-0.39, 0.29) is 12.3 Å². The lowest BCUT2D eigenvalue weighted by molar-refractivity contribution is -0.132. The summed E-state index contributed by atoms with van der Waals surface area (Å²) in [5.74, 6) is 1.45. The summed E-state index contributed by atoms with van der Waals surface area (Å²) in [5, 5.41) is 2.89. The second-order valence-electron chi connectivity index (χ2n) is 6.78. The van der Waals surface area contributed by atoms with Crippen molar-refractivity contribution >= 4 is 17.2 Å². The van der Waals surface area contributed by atoms with Crippen LogP contribution in [0.2, 0.25) is 0 Å². The molecule has 0 aliphatic rings. The van der Waals surface area contributed by atoms with Gasteiger partial charge in [0.25, 0.3) is 0 Å². The van der Waals surface area contributed by atoms with Gasteiger partial charge in [0.05, 0.1) is 37.7 Å². The van der Waals surface area contributed by atoms with E-state index >= 15 is 0 Å². The molecule has 0 saturated carbocycles. The zero-order chi connectivity index (χ0) is 20.1. The van der Waals surface area contributed by atoms with E-state index in [9.17, 15) is 4.79 Å². The molecule has 1 aromatic carbocycles. The van der Waals surface area contributed by atoms with Gasteiger partial charge in [-0.05, 0) is 36.2 Å². The Bertz CT molecular complexity index is 998. The number of furan rings is 2. The van der Waals surface area contributed by atoms with Gasteiger partial charge in [-0.3, -0.25) is 4.79 Å². The van der Waals surface area contributed by atoms with Crippen LogP contribution in [-0.4, -0.2) is 15.8 Å². The Labute approximate surface area is 173 Å². The van der Waals surface area contributed by atoms with Crippen LogP contribution in [0.4, 0.5) is 0 Å². The maximum Gasteiger partial charge on any atom is 0.229 e. The summed E-state index contributed by atoms with van der Waals surface area (Å²) < 4.78 is 10.9. The molecular weight excluding hydrogens is 384 g/mol. The van der Waals surface area contributed by atoms with E-state index in [1.54, 1.807) is 28.8 Å². The average Bonchev–Trinajstić information content (AvgIpc) is 3.51. The third-order valence-corrected chi connectivity index (χ3v) is 5.64. The molecular formula is C23H22N2O3S. The number of nitrogens with zero attached hydrogens (tertiary/aromatic N) is 2. The molecule has 0 bridgehead atoms. The Balaban J connectivity index is 1.47. The van der Waals surface area contributed by atoms with Gasteiger partial charge in [-0.15, -0.1) is 11.3 Å². The highest BCUT2D eigenvalue weighted by atomic mass is 32.1. The number of amides is 1. The van der Waals surface area contributed by atoms with Crippen molar-refractivity contribution in [3.8, 4) is 10.6 Å². The van der Waals surface area contributed by atoms with Crippen LogP contribution in [0.5, 0.6) is 0 Å². The number of benzene rings is 1. The molecule has 0 spiro atoms. The number of hydrogen-bond acceptors (Lipinski definition) is 5. The molecule has 5 nitrogen and oxygen atoms in total. The maximum absolute atomic E-state index is 13.0. The number of hydrogen-bond donors (Lipinski definition) is 0. The number of thiazole rings is 1. The van der Waals surface area contributed by atoms with E-state index in [0.29, 0.717) is 13.1 Å². The van der Waals surface area contributed by atoms with Gasteiger partial charge in [0, 0.05) is 10.9 Å². The summed E-state index contributed by atoms with van der Waals surface area (Å²) in [6.07, 6.45) is 4.48. The lowest BCUT2D eigenvalue weighted by atomic mass is 10.1. The Kier molecular flexibility index (Phi) is 5.91. The highest BCUT2D eigenvalue weighted by molar-refractivity contribution is 7.13. The molecule has 0 unspecified atom stereocenters. The maximum atomic E-state index is 13.0. The minimum Gasteiger partial charge on any atom is -0.467 e. The average molecular weight is 407 g/mol. The second kappa shape index (κ2) is 8.92. The van der Waals surface area contributed by atoms with E-state index in [4.69, 9.17) is 8.83 Å². The molecule has 0 N–H and O–H groups in total. The van der Waals surface area contributed by atoms with Crippen LogP contribution in [0.1, 0.15) is 29.7 Å². The molecule has 4 rings (SSSR count). The summed E-state index contributed by atoms with van der Waals surface area (Å²) in [4.78, 5) is 19.4. The van der Waals surface area contributed by atoms with Gasteiger partial charge in [0.1, 0.15) is 16.5 Å². The largest absolute Gasteiger partial charge is 0.467 e. The molecule has 6 heteroatoms. The molecule has 3 heterocycles. The summed E-state index contributed by atoms with van der Waals surface area (Å²) in [5.41, 5.74) is 3.15. The van der Waals surface area contributed by atoms with Crippen molar-refractivity contribution in [3.05, 3.63) is 89.2 Å². The molecule has 0 aliphatic carbocycles. The monoisotopic (exact) mass is 406 g/mol. The van der Waals surface area contributed by atoms with Gasteiger partial charge in [-0.25, -0.2) is 4.98 Å². The zero-order valence-corrected chi connectivity index (χ0v) is 17.0. The lowest BCUT2D eigenvalue weighted by Crippen LogP contribution is -2.31. The summed E-state index contributed by atoms with van der Waals surface area (Å²) in [6, 6.07) is 15.8. The first-order valence-corrected chi connectivity index (χ1v) is 10.5. The van der Waals surface area contributed by atoms with Crippen LogP contribution < -0.4 is 0 Å². The first kappa shape index (κ1) is 19.2. The fraction of sp³-hybridized carbons (Fsp3) is 0.217. The minimum atomic E-state index is -0.0176. The molecule has 0 aliphatic heterocycles. The van der Waals surface area contributed by atoms with Crippen LogP contribution in [-0.2, 0) is 30.7 Å². The minimum absolute atomic E-state index is 0.0176. The van der Waals surface area contributed by atoms with Gasteiger partial charge >= 0.3 is 0 Å². The van der Waals surface area contributed by atoms with Crippen LogP contribution >= 0.6 is 11.3 Å². The topological polar surface area (TPSA) is 59.5 Å². The Morgan fingerprint density at radius 3 is 2.21 bits per heavy atom. The quantitative estimate of drug-likeness (QED) is 0.397. The normalized spacial score (nSPS) is 10.9. The van der Waals surface area contributed by atoms with Crippen molar-refractivity contribution in [3.63, 3.8) is 0 Å². The summed E-state index contributed by atoms with van der Waals surface area (Å²) >= 11 is 1.56. The Hall–Kier alpha value is -3.12. The third-order valence-electron chi connectivity index (χ3n) is 4.70.